The minimum atomic E-state index is -0.680. The number of hydrogen-bond acceptors (Lipinski definition) is 5. The van der Waals surface area contributed by atoms with Gasteiger partial charge in [-0.3, -0.25) is 14.0 Å². The highest BCUT2D eigenvalue weighted by Crippen LogP contribution is 2.14. The molecule has 0 bridgehead atoms. The molecule has 3 heterocycles. The topological polar surface area (TPSA) is 95.0 Å². The molecule has 0 aliphatic heterocycles. The molecule has 0 saturated carbocycles. The maximum absolute atomic E-state index is 13.5. The van der Waals surface area contributed by atoms with Crippen molar-refractivity contribution in [3.63, 3.8) is 0 Å². The largest absolute Gasteiger partial charge is 0.462 e. The smallest absolute Gasteiger partial charge is 0.341 e. The summed E-state index contributed by atoms with van der Waals surface area (Å²) in [6, 6.07) is 23.3. The second kappa shape index (κ2) is 10.0. The normalized spacial score (nSPS) is 11.7. The lowest BCUT2D eigenvalue weighted by molar-refractivity contribution is 0.0523. The summed E-state index contributed by atoms with van der Waals surface area (Å²) in [6.45, 7) is 3.86. The van der Waals surface area contributed by atoms with Crippen LogP contribution in [0.4, 0.5) is 0 Å². The third kappa shape index (κ3) is 4.56. The molecule has 5 aromatic rings. The Morgan fingerprint density at radius 3 is 2.43 bits per heavy atom. The van der Waals surface area contributed by atoms with Crippen molar-refractivity contribution in [3.8, 4) is 0 Å². The van der Waals surface area contributed by atoms with Crippen molar-refractivity contribution >= 4 is 28.6 Å². The molecule has 0 spiro atoms. The van der Waals surface area contributed by atoms with Crippen LogP contribution >= 0.6 is 0 Å². The molecule has 2 aromatic carbocycles. The number of esters is 1. The summed E-state index contributed by atoms with van der Waals surface area (Å²) < 4.78 is 8.36. The van der Waals surface area contributed by atoms with E-state index in [1.807, 2.05) is 49.4 Å². The van der Waals surface area contributed by atoms with Crippen molar-refractivity contribution in [2.24, 2.45) is 4.99 Å². The third-order valence-corrected chi connectivity index (χ3v) is 6.05. The quantitative estimate of drug-likeness (QED) is 0.274. The van der Waals surface area contributed by atoms with Gasteiger partial charge in [0.25, 0.3) is 11.5 Å². The highest BCUT2D eigenvalue weighted by molar-refractivity contribution is 5.98. The molecule has 0 atom stereocenters. The maximum Gasteiger partial charge on any atom is 0.341 e. The van der Waals surface area contributed by atoms with Gasteiger partial charge >= 0.3 is 5.97 Å². The van der Waals surface area contributed by atoms with Crippen LogP contribution in [0, 0.1) is 6.92 Å². The number of fused-ring (bicyclic) bond motifs is 2. The molecule has 5 rings (SSSR count). The lowest BCUT2D eigenvalue weighted by Gasteiger charge is -2.15. The Bertz CT molecular complexity index is 1790. The molecule has 37 heavy (non-hydrogen) atoms. The number of aryl methyl sites for hydroxylation is 1. The first kappa shape index (κ1) is 23.9. The van der Waals surface area contributed by atoms with E-state index in [-0.39, 0.29) is 35.1 Å². The lowest BCUT2D eigenvalue weighted by Crippen LogP contribution is -2.33. The number of carbonyl (C=O) groups is 2. The van der Waals surface area contributed by atoms with Gasteiger partial charge in [-0.2, -0.15) is 4.99 Å². The average Bonchev–Trinajstić information content (AvgIpc) is 2.91. The minimum absolute atomic E-state index is 0.0157. The van der Waals surface area contributed by atoms with E-state index in [0.717, 1.165) is 11.1 Å². The number of amides is 1. The molecule has 1 amide bonds. The Hall–Kier alpha value is -4.85. The molecule has 0 N–H and O–H groups in total. The van der Waals surface area contributed by atoms with Gasteiger partial charge in [0, 0.05) is 11.8 Å². The second-order valence-electron chi connectivity index (χ2n) is 8.49. The summed E-state index contributed by atoms with van der Waals surface area (Å²) in [4.78, 5) is 49.2. The summed E-state index contributed by atoms with van der Waals surface area (Å²) in [5, 5.41) is 0.213. The molecule has 0 aliphatic carbocycles. The van der Waals surface area contributed by atoms with Crippen LogP contribution in [0.3, 0.4) is 0 Å². The van der Waals surface area contributed by atoms with Crippen molar-refractivity contribution in [2.45, 2.75) is 20.4 Å². The number of rotatable bonds is 5. The Labute approximate surface area is 212 Å². The predicted molar refractivity (Wildman–Crippen MR) is 140 cm³/mol. The van der Waals surface area contributed by atoms with Crippen molar-refractivity contribution in [1.29, 1.82) is 0 Å². The third-order valence-electron chi connectivity index (χ3n) is 6.05. The van der Waals surface area contributed by atoms with Crippen LogP contribution in [0.1, 0.15) is 38.8 Å². The van der Waals surface area contributed by atoms with E-state index in [1.54, 1.807) is 48.0 Å². The number of nitrogens with zero attached hydrogens (tertiary/aromatic N) is 4. The first-order valence-corrected chi connectivity index (χ1v) is 11.9. The fourth-order valence-electron chi connectivity index (χ4n) is 4.24. The zero-order valence-corrected chi connectivity index (χ0v) is 20.4. The molecule has 8 heteroatoms. The zero-order chi connectivity index (χ0) is 25.9. The van der Waals surface area contributed by atoms with Gasteiger partial charge in [0.2, 0.25) is 0 Å². The Morgan fingerprint density at radius 2 is 1.68 bits per heavy atom. The summed E-state index contributed by atoms with van der Waals surface area (Å²) in [5.74, 6) is -1.19. The van der Waals surface area contributed by atoms with Gasteiger partial charge in [-0.25, -0.2) is 9.78 Å². The molecule has 184 valence electrons. The van der Waals surface area contributed by atoms with Crippen LogP contribution < -0.4 is 11.0 Å². The van der Waals surface area contributed by atoms with Gasteiger partial charge in [-0.05, 0) is 49.2 Å². The Morgan fingerprint density at radius 1 is 0.946 bits per heavy atom. The van der Waals surface area contributed by atoms with Gasteiger partial charge in [-0.1, -0.05) is 54.6 Å². The summed E-state index contributed by atoms with van der Waals surface area (Å²) in [6.07, 6.45) is 1.62. The Kier molecular flexibility index (Phi) is 6.47. The highest BCUT2D eigenvalue weighted by atomic mass is 16.5. The molecule has 0 saturated heterocycles. The highest BCUT2D eigenvalue weighted by Gasteiger charge is 2.21. The van der Waals surface area contributed by atoms with Gasteiger partial charge in [0.15, 0.2) is 5.49 Å². The van der Waals surface area contributed by atoms with Crippen LogP contribution in [0.15, 0.2) is 94.8 Å². The van der Waals surface area contributed by atoms with Gasteiger partial charge in [0.05, 0.1) is 18.5 Å². The summed E-state index contributed by atoms with van der Waals surface area (Å²) >= 11 is 0. The molecule has 0 fully saturated rings. The molecule has 0 aliphatic rings. The average molecular weight is 493 g/mol. The SMILES string of the molecule is CCOC(=O)c1cc2c(=O)n3ccccc3nc2n(Cc2ccccc2)c1=NC(=O)c1ccccc1C. The van der Waals surface area contributed by atoms with Gasteiger partial charge < -0.3 is 9.30 Å². The molecule has 8 nitrogen and oxygen atoms in total. The molecular weight excluding hydrogens is 468 g/mol. The lowest BCUT2D eigenvalue weighted by atomic mass is 10.1. The number of ether oxygens (including phenoxy) is 1. The standard InChI is InChI=1S/C29H24N4O4/c1-3-37-29(36)23-17-22-25(30-24-15-9-10-16-32(24)28(22)35)33(18-20-12-5-4-6-13-20)26(23)31-27(34)21-14-8-7-11-19(21)2/h4-17H,3,18H2,1-2H3. The van der Waals surface area contributed by atoms with Crippen molar-refractivity contribution < 1.29 is 14.3 Å². The maximum atomic E-state index is 13.5. The van der Waals surface area contributed by atoms with Crippen LogP contribution in [0.5, 0.6) is 0 Å². The first-order chi connectivity index (χ1) is 18.0. The van der Waals surface area contributed by atoms with Crippen LogP contribution in [-0.4, -0.2) is 32.4 Å². The Balaban J connectivity index is 1.91. The summed E-state index contributed by atoms with van der Waals surface area (Å²) in [7, 11) is 0. The zero-order valence-electron chi connectivity index (χ0n) is 20.4. The van der Waals surface area contributed by atoms with E-state index < -0.39 is 11.9 Å². The predicted octanol–water partition coefficient (Wildman–Crippen LogP) is 3.92. The van der Waals surface area contributed by atoms with Gasteiger partial charge in [0.1, 0.15) is 16.9 Å². The van der Waals surface area contributed by atoms with Crippen molar-refractivity contribution in [1.82, 2.24) is 14.0 Å². The monoisotopic (exact) mass is 492 g/mol. The van der Waals surface area contributed by atoms with E-state index in [1.165, 1.54) is 10.5 Å². The number of hydrogen-bond donors (Lipinski definition) is 0. The van der Waals surface area contributed by atoms with E-state index in [2.05, 4.69) is 4.99 Å². The van der Waals surface area contributed by atoms with Crippen LogP contribution in [0.2, 0.25) is 0 Å². The van der Waals surface area contributed by atoms with Crippen molar-refractivity contribution in [2.75, 3.05) is 6.61 Å². The minimum Gasteiger partial charge on any atom is -0.462 e. The number of benzene rings is 2. The van der Waals surface area contributed by atoms with Crippen molar-refractivity contribution in [3.05, 3.63) is 123 Å². The molecule has 0 unspecified atom stereocenters. The molecule has 3 aromatic heterocycles. The van der Waals surface area contributed by atoms with E-state index in [4.69, 9.17) is 9.72 Å². The fourth-order valence-corrected chi connectivity index (χ4v) is 4.24. The van der Waals surface area contributed by atoms with E-state index >= 15 is 0 Å². The van der Waals surface area contributed by atoms with Gasteiger partial charge in [-0.15, -0.1) is 0 Å². The number of pyridine rings is 2. The number of aromatic nitrogens is 3. The van der Waals surface area contributed by atoms with Crippen LogP contribution in [0.25, 0.3) is 16.7 Å². The molecular formula is C29H24N4O4. The molecule has 0 radical (unpaired) electrons. The summed E-state index contributed by atoms with van der Waals surface area (Å²) in [5.41, 5.74) is 2.54. The van der Waals surface area contributed by atoms with Crippen LogP contribution in [-0.2, 0) is 11.3 Å². The second-order valence-corrected chi connectivity index (χ2v) is 8.49. The fraction of sp³-hybridized carbons (Fsp3) is 0.138. The van der Waals surface area contributed by atoms with E-state index in [9.17, 15) is 14.4 Å². The van der Waals surface area contributed by atoms with E-state index in [0.29, 0.717) is 16.9 Å². The number of carbonyl (C=O) groups excluding carboxylic acids is 2. The first-order valence-electron chi connectivity index (χ1n) is 11.9.